The second-order valence-electron chi connectivity index (χ2n) is 7.01. The Kier molecular flexibility index (Phi) is 7.04. The van der Waals surface area contributed by atoms with Gasteiger partial charge in [0.15, 0.2) is 0 Å². The lowest BCUT2D eigenvalue weighted by Crippen LogP contribution is -2.26. The minimum absolute atomic E-state index is 0.0422. The van der Waals surface area contributed by atoms with Crippen molar-refractivity contribution < 1.29 is 9.59 Å². The Morgan fingerprint density at radius 3 is 2.46 bits per heavy atom. The molecule has 1 atom stereocenters. The molecule has 1 unspecified atom stereocenters. The van der Waals surface area contributed by atoms with Gasteiger partial charge in [-0.1, -0.05) is 12.8 Å². The van der Waals surface area contributed by atoms with Crippen molar-refractivity contribution >= 4 is 47.6 Å². The molecule has 1 heterocycles. The highest BCUT2D eigenvalue weighted by Crippen LogP contribution is 2.36. The normalized spacial score (nSPS) is 18.5. The maximum absolute atomic E-state index is 12.3. The van der Waals surface area contributed by atoms with E-state index in [1.807, 2.05) is 25.1 Å². The summed E-state index contributed by atoms with van der Waals surface area (Å²) in [5.41, 5.74) is 7.43. The molecule has 4 N–H and O–H groups in total. The molecule has 2 aliphatic rings. The van der Waals surface area contributed by atoms with Crippen LogP contribution >= 0.6 is 24.4 Å². The van der Waals surface area contributed by atoms with Crippen LogP contribution in [0, 0.1) is 0 Å². The number of carbonyl (C=O) groups excluding carboxylic acids is 2. The predicted octanol–water partition coefficient (Wildman–Crippen LogP) is 4.55. The molecule has 0 bridgehead atoms. The molecular formula is C21H25N3O2S2. The van der Waals surface area contributed by atoms with Gasteiger partial charge in [0.1, 0.15) is 0 Å². The summed E-state index contributed by atoms with van der Waals surface area (Å²) in [6, 6.07) is 13.1. The van der Waals surface area contributed by atoms with Crippen LogP contribution in [-0.2, 0) is 4.79 Å². The lowest BCUT2D eigenvalue weighted by atomic mass is 10.1. The number of anilines is 2. The minimum Gasteiger partial charge on any atom is -0.328 e. The van der Waals surface area contributed by atoms with E-state index in [1.165, 1.54) is 37.4 Å². The Balaban J connectivity index is 0.000000320. The summed E-state index contributed by atoms with van der Waals surface area (Å²) >= 11 is 5.70. The predicted molar refractivity (Wildman–Crippen MR) is 118 cm³/mol. The number of thioether (sulfide) groups is 1. The zero-order valence-corrected chi connectivity index (χ0v) is 17.5. The van der Waals surface area contributed by atoms with Gasteiger partial charge in [-0.05, 0) is 62.2 Å². The Hall–Kier alpha value is -1.96. The fraction of sp³-hybridized carbons (Fsp3) is 0.333. The third-order valence-corrected chi connectivity index (χ3v) is 6.17. The molecule has 0 spiro atoms. The number of fused-ring (bicyclic) bond motifs is 1. The van der Waals surface area contributed by atoms with E-state index in [1.54, 1.807) is 24.3 Å². The summed E-state index contributed by atoms with van der Waals surface area (Å²) in [5, 5.41) is 5.53. The van der Waals surface area contributed by atoms with Crippen molar-refractivity contribution in [3.05, 3.63) is 48.0 Å². The van der Waals surface area contributed by atoms with Crippen LogP contribution in [0.3, 0.4) is 0 Å². The van der Waals surface area contributed by atoms with Crippen molar-refractivity contribution in [2.24, 2.45) is 5.73 Å². The fourth-order valence-corrected chi connectivity index (χ4v) is 4.13. The first kappa shape index (κ1) is 20.8. The van der Waals surface area contributed by atoms with Crippen LogP contribution in [0.15, 0.2) is 52.3 Å². The largest absolute Gasteiger partial charge is 0.328 e. The van der Waals surface area contributed by atoms with Gasteiger partial charge >= 0.3 is 0 Å². The van der Waals surface area contributed by atoms with Crippen molar-refractivity contribution in [2.75, 3.05) is 10.6 Å². The molecule has 0 aromatic heterocycles. The summed E-state index contributed by atoms with van der Waals surface area (Å²) in [7, 11) is 0. The average molecular weight is 416 g/mol. The fourth-order valence-electron chi connectivity index (χ4n) is 3.06. The monoisotopic (exact) mass is 415 g/mol. The number of rotatable bonds is 2. The first-order chi connectivity index (χ1) is 13.4. The molecule has 2 aromatic rings. The number of thiol groups is 1. The molecule has 1 fully saturated rings. The molecule has 1 aliphatic heterocycles. The van der Waals surface area contributed by atoms with E-state index in [-0.39, 0.29) is 17.1 Å². The Morgan fingerprint density at radius 2 is 1.86 bits per heavy atom. The minimum atomic E-state index is -0.215. The summed E-state index contributed by atoms with van der Waals surface area (Å²) in [4.78, 5) is 25.8. The summed E-state index contributed by atoms with van der Waals surface area (Å²) in [5.74, 6) is -0.257. The van der Waals surface area contributed by atoms with Crippen LogP contribution in [0.25, 0.3) is 0 Å². The molecule has 2 aromatic carbocycles. The smallest absolute Gasteiger partial charge is 0.255 e. The SMILES string of the molecule is CC1Sc2ccc(C(=O)Nc3ccc(S)cc3)cc2NC1=O.NC1CCCC1. The van der Waals surface area contributed by atoms with E-state index in [2.05, 4.69) is 23.3 Å². The summed E-state index contributed by atoms with van der Waals surface area (Å²) < 4.78 is 0. The highest BCUT2D eigenvalue weighted by Gasteiger charge is 2.23. The Bertz CT molecular complexity index is 849. The quantitative estimate of drug-likeness (QED) is 0.542. The Labute approximate surface area is 175 Å². The maximum atomic E-state index is 12.3. The standard InChI is InChI=1S/C16H14N2O2S2.C5H11N/c1-9-15(19)18-13-8-10(2-7-14(13)22-9)16(20)17-11-3-5-12(21)6-4-11;6-5-3-1-2-4-5/h2-9,21H,1H3,(H,17,20)(H,18,19);5H,1-4,6H2. The van der Waals surface area contributed by atoms with Gasteiger partial charge in [0.05, 0.1) is 10.9 Å². The molecule has 1 saturated carbocycles. The number of benzene rings is 2. The van der Waals surface area contributed by atoms with Crippen LogP contribution in [0.4, 0.5) is 11.4 Å². The number of nitrogens with two attached hydrogens (primary N) is 1. The number of hydrogen-bond donors (Lipinski definition) is 4. The lowest BCUT2D eigenvalue weighted by molar-refractivity contribution is -0.115. The second kappa shape index (κ2) is 9.49. The first-order valence-corrected chi connectivity index (χ1v) is 10.7. The van der Waals surface area contributed by atoms with E-state index in [0.717, 1.165) is 9.79 Å². The molecule has 0 radical (unpaired) electrons. The van der Waals surface area contributed by atoms with Crippen molar-refractivity contribution in [3.63, 3.8) is 0 Å². The van der Waals surface area contributed by atoms with Crippen molar-refractivity contribution in [1.82, 2.24) is 0 Å². The van der Waals surface area contributed by atoms with Gasteiger partial charge in [-0.25, -0.2) is 0 Å². The van der Waals surface area contributed by atoms with Gasteiger partial charge in [0.25, 0.3) is 5.91 Å². The molecule has 2 amide bonds. The third kappa shape index (κ3) is 5.53. The number of carbonyl (C=O) groups is 2. The molecule has 28 heavy (non-hydrogen) atoms. The van der Waals surface area contributed by atoms with Crippen molar-refractivity contribution in [2.45, 2.75) is 53.7 Å². The van der Waals surface area contributed by atoms with Gasteiger partial charge in [-0.3, -0.25) is 9.59 Å². The molecule has 5 nitrogen and oxygen atoms in total. The van der Waals surface area contributed by atoms with Gasteiger partial charge in [0.2, 0.25) is 5.91 Å². The molecule has 1 aliphatic carbocycles. The molecule has 0 saturated heterocycles. The molecule has 148 valence electrons. The molecule has 7 heteroatoms. The zero-order valence-electron chi connectivity index (χ0n) is 15.8. The Morgan fingerprint density at radius 1 is 1.18 bits per heavy atom. The highest BCUT2D eigenvalue weighted by atomic mass is 32.2. The summed E-state index contributed by atoms with van der Waals surface area (Å²) in [6.07, 6.45) is 5.25. The number of amides is 2. The van der Waals surface area contributed by atoms with E-state index >= 15 is 0 Å². The van der Waals surface area contributed by atoms with Gasteiger partial charge in [-0.2, -0.15) is 0 Å². The van der Waals surface area contributed by atoms with Crippen molar-refractivity contribution in [3.8, 4) is 0 Å². The summed E-state index contributed by atoms with van der Waals surface area (Å²) in [6.45, 7) is 1.86. The van der Waals surface area contributed by atoms with Crippen LogP contribution in [0.2, 0.25) is 0 Å². The first-order valence-electron chi connectivity index (χ1n) is 9.40. The second-order valence-corrected chi connectivity index (χ2v) is 8.90. The zero-order chi connectivity index (χ0) is 20.1. The third-order valence-electron chi connectivity index (χ3n) is 4.70. The van der Waals surface area contributed by atoms with E-state index in [4.69, 9.17) is 5.73 Å². The van der Waals surface area contributed by atoms with E-state index < -0.39 is 0 Å². The number of hydrogen-bond acceptors (Lipinski definition) is 5. The lowest BCUT2D eigenvalue weighted by Gasteiger charge is -2.21. The van der Waals surface area contributed by atoms with E-state index in [0.29, 0.717) is 23.0 Å². The van der Waals surface area contributed by atoms with Gasteiger partial charge in [-0.15, -0.1) is 24.4 Å². The van der Waals surface area contributed by atoms with E-state index in [9.17, 15) is 9.59 Å². The molecular weight excluding hydrogens is 390 g/mol. The van der Waals surface area contributed by atoms with Crippen LogP contribution in [0.5, 0.6) is 0 Å². The maximum Gasteiger partial charge on any atom is 0.255 e. The number of nitrogens with one attached hydrogen (secondary N) is 2. The highest BCUT2D eigenvalue weighted by molar-refractivity contribution is 8.00. The van der Waals surface area contributed by atoms with Gasteiger partial charge in [0, 0.05) is 27.1 Å². The van der Waals surface area contributed by atoms with Gasteiger partial charge < -0.3 is 16.4 Å². The van der Waals surface area contributed by atoms with Crippen LogP contribution in [-0.4, -0.2) is 23.1 Å². The van der Waals surface area contributed by atoms with Crippen LogP contribution < -0.4 is 16.4 Å². The molecule has 4 rings (SSSR count). The average Bonchev–Trinajstić information content (AvgIpc) is 3.15. The topological polar surface area (TPSA) is 84.2 Å². The van der Waals surface area contributed by atoms with Crippen molar-refractivity contribution in [1.29, 1.82) is 0 Å². The van der Waals surface area contributed by atoms with Crippen LogP contribution in [0.1, 0.15) is 43.0 Å².